The highest BCUT2D eigenvalue weighted by Gasteiger charge is 2.03. The first-order chi connectivity index (χ1) is 12.5. The lowest BCUT2D eigenvalue weighted by molar-refractivity contribution is 0.316. The summed E-state index contributed by atoms with van der Waals surface area (Å²) in [7, 11) is -7.01. The van der Waals surface area contributed by atoms with E-state index in [1.807, 2.05) is 36.7 Å². The van der Waals surface area contributed by atoms with Crippen LogP contribution in [0, 0.1) is 0 Å². The maximum atomic E-state index is 10.9. The SMILES string of the molecule is CCc1cnc(-c2ccc(CCCOS(C)(=O)=O)cc2)nc1.CS(=O)(=O)O. The number of hydrogen-bond donors (Lipinski definition) is 1. The van der Waals surface area contributed by atoms with E-state index in [0.29, 0.717) is 18.5 Å². The lowest BCUT2D eigenvalue weighted by atomic mass is 10.1. The topological polar surface area (TPSA) is 124 Å². The predicted molar refractivity (Wildman–Crippen MR) is 103 cm³/mol. The van der Waals surface area contributed by atoms with Crippen LogP contribution in [0.3, 0.4) is 0 Å². The molecule has 1 N–H and O–H groups in total. The molecule has 8 nitrogen and oxygen atoms in total. The molecule has 0 aliphatic heterocycles. The van der Waals surface area contributed by atoms with Gasteiger partial charge >= 0.3 is 0 Å². The van der Waals surface area contributed by atoms with Crippen LogP contribution in [0.1, 0.15) is 24.5 Å². The smallest absolute Gasteiger partial charge is 0.264 e. The first-order valence-electron chi connectivity index (χ1n) is 8.15. The normalized spacial score (nSPS) is 11.6. The van der Waals surface area contributed by atoms with Crippen molar-refractivity contribution in [2.24, 2.45) is 0 Å². The number of aromatic nitrogens is 2. The molecule has 1 aromatic carbocycles. The van der Waals surface area contributed by atoms with Crippen LogP contribution in [0.25, 0.3) is 11.4 Å². The molecule has 0 saturated carbocycles. The van der Waals surface area contributed by atoms with Crippen LogP contribution in [0.5, 0.6) is 0 Å². The van der Waals surface area contributed by atoms with Gasteiger partial charge in [0, 0.05) is 18.0 Å². The number of benzene rings is 1. The van der Waals surface area contributed by atoms with Gasteiger partial charge in [0.1, 0.15) is 0 Å². The minimum Gasteiger partial charge on any atom is -0.286 e. The van der Waals surface area contributed by atoms with Crippen molar-refractivity contribution < 1.29 is 25.6 Å². The zero-order chi connectivity index (χ0) is 20.5. The van der Waals surface area contributed by atoms with Gasteiger partial charge in [0.2, 0.25) is 0 Å². The number of rotatable bonds is 7. The fraction of sp³-hybridized carbons (Fsp3) is 0.412. The Hall–Kier alpha value is -1.88. The molecule has 10 heteroatoms. The van der Waals surface area contributed by atoms with E-state index < -0.39 is 20.2 Å². The third-order valence-corrected chi connectivity index (χ3v) is 3.83. The van der Waals surface area contributed by atoms with Crippen LogP contribution in [-0.4, -0.2) is 50.5 Å². The molecule has 0 amide bonds. The van der Waals surface area contributed by atoms with Crippen molar-refractivity contribution in [1.82, 2.24) is 9.97 Å². The molecule has 0 saturated heterocycles. The summed E-state index contributed by atoms with van der Waals surface area (Å²) in [4.78, 5) is 8.71. The second-order valence-electron chi connectivity index (χ2n) is 5.83. The fourth-order valence-electron chi connectivity index (χ4n) is 1.99. The molecule has 1 aromatic heterocycles. The quantitative estimate of drug-likeness (QED) is 0.413. The molecular weight excluding hydrogens is 392 g/mol. The predicted octanol–water partition coefficient (Wildman–Crippen LogP) is 2.12. The monoisotopic (exact) mass is 416 g/mol. The first-order valence-corrected chi connectivity index (χ1v) is 11.8. The van der Waals surface area contributed by atoms with E-state index in [2.05, 4.69) is 16.9 Å². The molecule has 27 heavy (non-hydrogen) atoms. The molecular formula is C17H24N2O6S2. The van der Waals surface area contributed by atoms with E-state index >= 15 is 0 Å². The first kappa shape index (κ1) is 23.2. The minimum absolute atomic E-state index is 0.210. The average molecular weight is 417 g/mol. The zero-order valence-corrected chi connectivity index (χ0v) is 17.1. The van der Waals surface area contributed by atoms with Crippen LogP contribution in [-0.2, 0) is 37.3 Å². The highest BCUT2D eigenvalue weighted by Crippen LogP contribution is 2.16. The number of aryl methyl sites for hydroxylation is 2. The van der Waals surface area contributed by atoms with Crippen molar-refractivity contribution >= 4 is 20.2 Å². The van der Waals surface area contributed by atoms with Gasteiger partial charge in [0.05, 0.1) is 19.1 Å². The van der Waals surface area contributed by atoms with Crippen molar-refractivity contribution in [3.05, 3.63) is 47.8 Å². The Morgan fingerprint density at radius 3 is 1.93 bits per heavy atom. The number of nitrogens with zero attached hydrogens (tertiary/aromatic N) is 2. The van der Waals surface area contributed by atoms with Crippen molar-refractivity contribution in [1.29, 1.82) is 0 Å². The summed E-state index contributed by atoms with van der Waals surface area (Å²) in [6.07, 6.45) is 7.82. The number of hydrogen-bond acceptors (Lipinski definition) is 7. The lowest BCUT2D eigenvalue weighted by Crippen LogP contribution is -2.04. The van der Waals surface area contributed by atoms with E-state index in [1.165, 1.54) is 0 Å². The Morgan fingerprint density at radius 1 is 0.963 bits per heavy atom. The van der Waals surface area contributed by atoms with E-state index in [0.717, 1.165) is 35.8 Å². The van der Waals surface area contributed by atoms with Gasteiger partial charge in [-0.1, -0.05) is 31.2 Å². The van der Waals surface area contributed by atoms with Gasteiger partial charge < -0.3 is 0 Å². The second-order valence-corrected chi connectivity index (χ2v) is 8.94. The molecule has 0 fully saturated rings. The molecule has 2 aromatic rings. The van der Waals surface area contributed by atoms with Crippen LogP contribution in [0.2, 0.25) is 0 Å². The maximum absolute atomic E-state index is 10.9. The van der Waals surface area contributed by atoms with Crippen molar-refractivity contribution in [3.8, 4) is 11.4 Å². The van der Waals surface area contributed by atoms with Gasteiger partial charge in [-0.15, -0.1) is 0 Å². The summed E-state index contributed by atoms with van der Waals surface area (Å²) in [6, 6.07) is 7.97. The van der Waals surface area contributed by atoms with Crippen molar-refractivity contribution in [2.45, 2.75) is 26.2 Å². The summed E-state index contributed by atoms with van der Waals surface area (Å²) in [5.74, 6) is 0.712. The molecule has 0 spiro atoms. The van der Waals surface area contributed by atoms with Crippen LogP contribution >= 0.6 is 0 Å². The van der Waals surface area contributed by atoms with Crippen molar-refractivity contribution in [2.75, 3.05) is 19.1 Å². The Labute approximate surface area is 160 Å². The van der Waals surface area contributed by atoms with E-state index in [-0.39, 0.29) is 6.61 Å². The van der Waals surface area contributed by atoms with Gasteiger partial charge in [0.25, 0.3) is 20.2 Å². The van der Waals surface area contributed by atoms with E-state index in [9.17, 15) is 16.8 Å². The Morgan fingerprint density at radius 2 is 1.48 bits per heavy atom. The molecule has 0 aliphatic rings. The third-order valence-electron chi connectivity index (χ3n) is 3.23. The lowest BCUT2D eigenvalue weighted by Gasteiger charge is -2.04. The van der Waals surface area contributed by atoms with Gasteiger partial charge in [-0.2, -0.15) is 16.8 Å². The Balaban J connectivity index is 0.000000646. The van der Waals surface area contributed by atoms with E-state index in [1.54, 1.807) is 0 Å². The second kappa shape index (κ2) is 10.5. The van der Waals surface area contributed by atoms with Crippen molar-refractivity contribution in [3.63, 3.8) is 0 Å². The molecule has 0 bridgehead atoms. The van der Waals surface area contributed by atoms with Gasteiger partial charge in [-0.05, 0) is 30.4 Å². The Kier molecular flexibility index (Phi) is 8.97. The highest BCUT2D eigenvalue weighted by atomic mass is 32.2. The third kappa shape index (κ3) is 11.4. The summed E-state index contributed by atoms with van der Waals surface area (Å²) >= 11 is 0. The van der Waals surface area contributed by atoms with Crippen LogP contribution in [0.4, 0.5) is 0 Å². The molecule has 1 heterocycles. The van der Waals surface area contributed by atoms with E-state index in [4.69, 9.17) is 8.74 Å². The van der Waals surface area contributed by atoms with Gasteiger partial charge in [-0.25, -0.2) is 9.97 Å². The van der Waals surface area contributed by atoms with Gasteiger partial charge in [0.15, 0.2) is 5.82 Å². The fourth-order valence-corrected chi connectivity index (χ4v) is 2.41. The van der Waals surface area contributed by atoms with Crippen LogP contribution in [0.15, 0.2) is 36.7 Å². The minimum atomic E-state index is -3.67. The Bertz CT molecular complexity index is 901. The molecule has 0 aliphatic carbocycles. The maximum Gasteiger partial charge on any atom is 0.264 e. The summed E-state index contributed by atoms with van der Waals surface area (Å²) < 4.78 is 52.3. The zero-order valence-electron chi connectivity index (χ0n) is 15.5. The van der Waals surface area contributed by atoms with Gasteiger partial charge in [-0.3, -0.25) is 8.74 Å². The standard InChI is InChI=1S/C16H20N2O3S.CH4O3S/c1-3-13-11-17-16(18-12-13)15-8-6-14(7-9-15)5-4-10-21-22(2,19)20;1-5(2,3)4/h6-9,11-12H,3-5,10H2,1-2H3;1H3,(H,2,3,4). The largest absolute Gasteiger partial charge is 0.286 e. The van der Waals surface area contributed by atoms with Crippen LogP contribution < -0.4 is 0 Å². The molecule has 0 radical (unpaired) electrons. The molecule has 2 rings (SSSR count). The highest BCUT2D eigenvalue weighted by molar-refractivity contribution is 7.86. The molecule has 150 valence electrons. The summed E-state index contributed by atoms with van der Waals surface area (Å²) in [5, 5.41) is 0. The molecule has 0 atom stereocenters. The summed E-state index contributed by atoms with van der Waals surface area (Å²) in [6.45, 7) is 2.28. The molecule has 0 unspecified atom stereocenters. The summed E-state index contributed by atoms with van der Waals surface area (Å²) in [5.41, 5.74) is 3.22. The average Bonchev–Trinajstić information content (AvgIpc) is 2.57.